The Morgan fingerprint density at radius 1 is 0.967 bits per heavy atom. The first kappa shape index (κ1) is 19.5. The van der Waals surface area contributed by atoms with Crippen LogP contribution in [-0.4, -0.2) is 66.8 Å². The Bertz CT molecular complexity index is 859. The second kappa shape index (κ2) is 9.16. The minimum atomic E-state index is 0.547. The molecule has 4 heterocycles. The lowest BCUT2D eigenvalue weighted by molar-refractivity contribution is 0.00482. The first-order valence-electron chi connectivity index (χ1n) is 11.0. The molecule has 0 amide bonds. The van der Waals surface area contributed by atoms with Gasteiger partial charge in [0.15, 0.2) is 5.82 Å². The summed E-state index contributed by atoms with van der Waals surface area (Å²) in [5.74, 6) is 0.918. The fourth-order valence-corrected chi connectivity index (χ4v) is 4.72. The number of morpholine rings is 1. The number of anilines is 1. The quantitative estimate of drug-likeness (QED) is 0.760. The zero-order valence-electron chi connectivity index (χ0n) is 17.4. The summed E-state index contributed by atoms with van der Waals surface area (Å²) in [6, 6.07) is 15.2. The normalized spacial score (nSPS) is 20.7. The van der Waals surface area contributed by atoms with Gasteiger partial charge in [-0.1, -0.05) is 30.3 Å². The third-order valence-electron chi connectivity index (χ3n) is 6.35. The monoisotopic (exact) mass is 406 g/mol. The molecule has 0 spiro atoms. The van der Waals surface area contributed by atoms with E-state index in [1.165, 1.54) is 24.1 Å². The van der Waals surface area contributed by atoms with Gasteiger partial charge in [-0.15, -0.1) is 0 Å². The largest absolute Gasteiger partial charge is 0.379 e. The number of benzene rings is 1. The predicted molar refractivity (Wildman–Crippen MR) is 118 cm³/mol. The van der Waals surface area contributed by atoms with Gasteiger partial charge in [0.05, 0.1) is 26.4 Å². The lowest BCUT2D eigenvalue weighted by Crippen LogP contribution is -2.48. The van der Waals surface area contributed by atoms with Gasteiger partial charge in [0.25, 0.3) is 0 Å². The van der Waals surface area contributed by atoms with E-state index in [-0.39, 0.29) is 0 Å². The van der Waals surface area contributed by atoms with Crippen LogP contribution >= 0.6 is 0 Å². The third kappa shape index (κ3) is 4.21. The topological polar surface area (TPSA) is 41.1 Å². The lowest BCUT2D eigenvalue weighted by Gasteiger charge is -2.42. The molecule has 2 fully saturated rings. The molecule has 0 unspecified atom stereocenters. The number of hydrogen-bond donors (Lipinski definition) is 0. The number of rotatable bonds is 5. The summed E-state index contributed by atoms with van der Waals surface area (Å²) >= 11 is 0. The minimum absolute atomic E-state index is 0.547. The van der Waals surface area contributed by atoms with Gasteiger partial charge in [-0.3, -0.25) is 9.74 Å². The van der Waals surface area contributed by atoms with Crippen LogP contribution in [0.2, 0.25) is 0 Å². The number of pyridine rings is 1. The van der Waals surface area contributed by atoms with E-state index in [0.29, 0.717) is 12.6 Å². The molecular formula is C24H30N4O2. The highest BCUT2D eigenvalue weighted by Crippen LogP contribution is 2.34. The van der Waals surface area contributed by atoms with Crippen molar-refractivity contribution in [2.45, 2.75) is 25.5 Å². The molecule has 158 valence electrons. The average molecular weight is 407 g/mol. The van der Waals surface area contributed by atoms with Crippen LogP contribution in [-0.2, 0) is 16.2 Å². The number of hydroxylamine groups is 1. The van der Waals surface area contributed by atoms with Crippen LogP contribution in [0.1, 0.15) is 24.0 Å². The second-order valence-corrected chi connectivity index (χ2v) is 8.15. The van der Waals surface area contributed by atoms with E-state index < -0.39 is 0 Å². The van der Waals surface area contributed by atoms with Crippen LogP contribution < -0.4 is 5.06 Å². The molecule has 0 saturated carbocycles. The van der Waals surface area contributed by atoms with E-state index in [9.17, 15) is 0 Å². The van der Waals surface area contributed by atoms with E-state index in [0.717, 1.165) is 57.3 Å². The second-order valence-electron chi connectivity index (χ2n) is 8.15. The molecule has 1 aromatic heterocycles. The number of piperidine rings is 1. The maximum Gasteiger partial charge on any atom is 0.162 e. The lowest BCUT2D eigenvalue weighted by atomic mass is 9.99. The Balaban J connectivity index is 1.25. The standard InChI is InChI=1S/C24H30N4O2/c1-2-5-20(6-3-1)19-30-28-14-10-23(22-7-4-11-25-24(22)28)27-12-8-21(9-13-27)26-15-17-29-18-16-26/h1-7,10-11,21H,8-9,12-19H2. The number of fused-ring (bicyclic) bond motifs is 1. The summed E-state index contributed by atoms with van der Waals surface area (Å²) in [7, 11) is 0. The molecule has 0 radical (unpaired) electrons. The van der Waals surface area contributed by atoms with E-state index >= 15 is 0 Å². The molecule has 3 aliphatic heterocycles. The molecule has 3 aliphatic rings. The maximum atomic E-state index is 6.12. The zero-order chi connectivity index (χ0) is 20.2. The zero-order valence-corrected chi connectivity index (χ0v) is 17.4. The Labute approximate surface area is 178 Å². The van der Waals surface area contributed by atoms with Gasteiger partial charge < -0.3 is 9.64 Å². The maximum absolute atomic E-state index is 6.12. The molecule has 0 bridgehead atoms. The molecule has 2 aromatic rings. The highest BCUT2D eigenvalue weighted by molar-refractivity contribution is 5.76. The smallest absolute Gasteiger partial charge is 0.162 e. The summed E-state index contributed by atoms with van der Waals surface area (Å²) in [4.78, 5) is 15.9. The Morgan fingerprint density at radius 3 is 2.57 bits per heavy atom. The van der Waals surface area contributed by atoms with Crippen molar-refractivity contribution < 1.29 is 9.57 Å². The van der Waals surface area contributed by atoms with Crippen molar-refractivity contribution in [3.63, 3.8) is 0 Å². The minimum Gasteiger partial charge on any atom is -0.379 e. The number of ether oxygens (including phenoxy) is 1. The molecular weight excluding hydrogens is 376 g/mol. The van der Waals surface area contributed by atoms with Crippen molar-refractivity contribution in [3.05, 3.63) is 65.9 Å². The van der Waals surface area contributed by atoms with Crippen LogP contribution in [0.15, 0.2) is 54.7 Å². The molecule has 30 heavy (non-hydrogen) atoms. The Morgan fingerprint density at radius 2 is 1.77 bits per heavy atom. The molecule has 1 aromatic carbocycles. The average Bonchev–Trinajstić information content (AvgIpc) is 2.84. The van der Waals surface area contributed by atoms with Crippen LogP contribution in [0.3, 0.4) is 0 Å². The van der Waals surface area contributed by atoms with Crippen LogP contribution in [0, 0.1) is 0 Å². The number of likely N-dealkylation sites (tertiary alicyclic amines) is 1. The molecule has 6 nitrogen and oxygen atoms in total. The third-order valence-corrected chi connectivity index (χ3v) is 6.35. The highest BCUT2D eigenvalue weighted by Gasteiger charge is 2.30. The van der Waals surface area contributed by atoms with Gasteiger partial charge in [0, 0.05) is 49.7 Å². The van der Waals surface area contributed by atoms with Crippen LogP contribution in [0.4, 0.5) is 5.82 Å². The number of hydrogen-bond acceptors (Lipinski definition) is 6. The van der Waals surface area contributed by atoms with E-state index in [2.05, 4.69) is 39.1 Å². The van der Waals surface area contributed by atoms with Gasteiger partial charge in [0.2, 0.25) is 0 Å². The molecule has 5 rings (SSSR count). The molecule has 6 heteroatoms. The summed E-state index contributed by atoms with van der Waals surface area (Å²) in [6.07, 6.45) is 6.57. The Kier molecular flexibility index (Phi) is 5.97. The van der Waals surface area contributed by atoms with Crippen molar-refractivity contribution >= 4 is 11.5 Å². The van der Waals surface area contributed by atoms with Crippen LogP contribution in [0.25, 0.3) is 5.70 Å². The molecule has 2 saturated heterocycles. The van der Waals surface area contributed by atoms with E-state index in [1.807, 2.05) is 35.5 Å². The van der Waals surface area contributed by atoms with Crippen molar-refractivity contribution in [1.82, 2.24) is 14.8 Å². The highest BCUT2D eigenvalue weighted by atomic mass is 16.7. The molecule has 0 N–H and O–H groups in total. The van der Waals surface area contributed by atoms with Gasteiger partial charge in [-0.2, -0.15) is 0 Å². The van der Waals surface area contributed by atoms with Gasteiger partial charge in [-0.05, 0) is 36.6 Å². The summed E-state index contributed by atoms with van der Waals surface area (Å²) < 4.78 is 5.52. The van der Waals surface area contributed by atoms with E-state index in [4.69, 9.17) is 9.57 Å². The predicted octanol–water partition coefficient (Wildman–Crippen LogP) is 3.17. The molecule has 0 atom stereocenters. The number of nitrogens with zero attached hydrogens (tertiary/aromatic N) is 4. The van der Waals surface area contributed by atoms with Crippen molar-refractivity contribution in [2.75, 3.05) is 51.0 Å². The van der Waals surface area contributed by atoms with Gasteiger partial charge in [0.1, 0.15) is 0 Å². The fraction of sp³-hybridized carbons (Fsp3) is 0.458. The van der Waals surface area contributed by atoms with Crippen molar-refractivity contribution in [3.8, 4) is 0 Å². The summed E-state index contributed by atoms with van der Waals surface area (Å²) in [5.41, 5.74) is 3.63. The number of aromatic nitrogens is 1. The molecule has 0 aliphatic carbocycles. The summed E-state index contributed by atoms with van der Waals surface area (Å²) in [5, 5.41) is 1.92. The summed E-state index contributed by atoms with van der Waals surface area (Å²) in [6.45, 7) is 7.36. The van der Waals surface area contributed by atoms with Crippen LogP contribution in [0.5, 0.6) is 0 Å². The van der Waals surface area contributed by atoms with Crippen molar-refractivity contribution in [2.24, 2.45) is 0 Å². The first-order valence-corrected chi connectivity index (χ1v) is 11.0. The Hall–Kier alpha value is -2.41. The fourth-order valence-electron chi connectivity index (χ4n) is 4.72. The SMILES string of the molecule is C1=C(N2CCC(N3CCOCC3)CC2)c2cccnc2N(OCc2ccccc2)C1. The van der Waals surface area contributed by atoms with Gasteiger partial charge in [-0.25, -0.2) is 10.0 Å². The van der Waals surface area contributed by atoms with E-state index in [1.54, 1.807) is 0 Å². The van der Waals surface area contributed by atoms with Crippen molar-refractivity contribution in [1.29, 1.82) is 0 Å². The first-order chi connectivity index (χ1) is 14.9. The van der Waals surface area contributed by atoms with Gasteiger partial charge >= 0.3 is 0 Å².